The topological polar surface area (TPSA) is 43.4 Å². The van der Waals surface area contributed by atoms with Crippen molar-refractivity contribution >= 4 is 11.6 Å². The van der Waals surface area contributed by atoms with Crippen LogP contribution in [0.3, 0.4) is 0 Å². The molecule has 1 N–H and O–H groups in total. The van der Waals surface area contributed by atoms with E-state index in [-0.39, 0.29) is 11.6 Å². The van der Waals surface area contributed by atoms with Gasteiger partial charge in [-0.1, -0.05) is 11.6 Å². The van der Waals surface area contributed by atoms with Gasteiger partial charge < -0.3 is 14.8 Å². The molecular formula is C18H20ClFN2O2. The zero-order valence-corrected chi connectivity index (χ0v) is 14.3. The van der Waals surface area contributed by atoms with Gasteiger partial charge in [0.15, 0.2) is 17.3 Å². The van der Waals surface area contributed by atoms with Gasteiger partial charge in [-0.3, -0.25) is 0 Å². The third-order valence-corrected chi connectivity index (χ3v) is 4.17. The largest absolute Gasteiger partial charge is 0.488 e. The molecule has 1 aliphatic heterocycles. The van der Waals surface area contributed by atoms with E-state index in [1.54, 1.807) is 6.07 Å². The van der Waals surface area contributed by atoms with E-state index in [9.17, 15) is 4.39 Å². The molecule has 0 amide bonds. The minimum Gasteiger partial charge on any atom is -0.488 e. The molecule has 24 heavy (non-hydrogen) atoms. The van der Waals surface area contributed by atoms with E-state index in [1.807, 2.05) is 19.1 Å². The lowest BCUT2D eigenvalue weighted by Gasteiger charge is -2.23. The molecule has 1 aromatic heterocycles. The molecule has 4 nitrogen and oxygen atoms in total. The van der Waals surface area contributed by atoms with Crippen LogP contribution >= 0.6 is 11.6 Å². The van der Waals surface area contributed by atoms with Crippen LogP contribution in [0.4, 0.5) is 4.39 Å². The minimum atomic E-state index is -0.534. The Hall–Kier alpha value is -1.85. The molecule has 1 fully saturated rings. The Labute approximate surface area is 146 Å². The van der Waals surface area contributed by atoms with Gasteiger partial charge in [0, 0.05) is 23.2 Å². The molecule has 0 bridgehead atoms. The van der Waals surface area contributed by atoms with Gasteiger partial charge in [0.1, 0.15) is 0 Å². The van der Waals surface area contributed by atoms with Crippen molar-refractivity contribution in [2.45, 2.75) is 19.8 Å². The predicted molar refractivity (Wildman–Crippen MR) is 91.5 cm³/mol. The molecule has 1 aromatic carbocycles. The molecule has 2 aromatic rings. The van der Waals surface area contributed by atoms with Crippen LogP contribution in [0.5, 0.6) is 17.4 Å². The van der Waals surface area contributed by atoms with Gasteiger partial charge in [-0.25, -0.2) is 9.37 Å². The van der Waals surface area contributed by atoms with E-state index in [0.717, 1.165) is 31.6 Å². The van der Waals surface area contributed by atoms with Gasteiger partial charge >= 0.3 is 0 Å². The first kappa shape index (κ1) is 17.0. The molecule has 3 rings (SSSR count). The van der Waals surface area contributed by atoms with Crippen LogP contribution in [0, 0.1) is 18.7 Å². The van der Waals surface area contributed by atoms with Gasteiger partial charge in [-0.2, -0.15) is 0 Å². The fourth-order valence-corrected chi connectivity index (χ4v) is 2.80. The number of aryl methyl sites for hydroxylation is 1. The Kier molecular flexibility index (Phi) is 5.53. The first-order valence-corrected chi connectivity index (χ1v) is 8.43. The number of piperidine rings is 1. The summed E-state index contributed by atoms with van der Waals surface area (Å²) >= 11 is 5.77. The van der Waals surface area contributed by atoms with E-state index < -0.39 is 5.82 Å². The SMILES string of the molecule is Cc1ccc(OC[C@H]2CCCNC2)c(Oc2ccc(Cl)cc2F)n1. The highest BCUT2D eigenvalue weighted by Gasteiger charge is 2.17. The third kappa shape index (κ3) is 4.36. The zero-order valence-electron chi connectivity index (χ0n) is 13.5. The molecule has 1 aliphatic rings. The second-order valence-electron chi connectivity index (χ2n) is 5.96. The summed E-state index contributed by atoms with van der Waals surface area (Å²) in [5.74, 6) is 0.774. The second-order valence-corrected chi connectivity index (χ2v) is 6.39. The molecule has 128 valence electrons. The van der Waals surface area contributed by atoms with Crippen molar-refractivity contribution in [2.24, 2.45) is 5.92 Å². The van der Waals surface area contributed by atoms with Crippen molar-refractivity contribution in [3.63, 3.8) is 0 Å². The highest BCUT2D eigenvalue weighted by atomic mass is 35.5. The van der Waals surface area contributed by atoms with Gasteiger partial charge in [0.25, 0.3) is 5.88 Å². The predicted octanol–water partition coefficient (Wildman–Crippen LogP) is 4.35. The summed E-state index contributed by atoms with van der Waals surface area (Å²) in [5, 5.41) is 3.68. The molecule has 1 atom stereocenters. The van der Waals surface area contributed by atoms with Crippen LogP contribution in [0.2, 0.25) is 5.02 Å². The van der Waals surface area contributed by atoms with Crippen LogP contribution in [0.1, 0.15) is 18.5 Å². The lowest BCUT2D eigenvalue weighted by atomic mass is 10.0. The van der Waals surface area contributed by atoms with Gasteiger partial charge in [0.05, 0.1) is 6.61 Å². The summed E-state index contributed by atoms with van der Waals surface area (Å²) in [6, 6.07) is 7.92. The van der Waals surface area contributed by atoms with Crippen LogP contribution in [-0.4, -0.2) is 24.7 Å². The summed E-state index contributed by atoms with van der Waals surface area (Å²) in [5.41, 5.74) is 0.769. The van der Waals surface area contributed by atoms with Gasteiger partial charge in [-0.15, -0.1) is 0 Å². The minimum absolute atomic E-state index is 0.0710. The number of nitrogens with one attached hydrogen (secondary N) is 1. The standard InChI is InChI=1S/C18H20ClFN2O2/c1-12-4-6-17(23-11-13-3-2-8-21-10-13)18(22-12)24-16-7-5-14(19)9-15(16)20/h4-7,9,13,21H,2-3,8,10-11H2,1H3/t13-/m0/s1. The quantitative estimate of drug-likeness (QED) is 0.870. The third-order valence-electron chi connectivity index (χ3n) is 3.94. The first-order valence-electron chi connectivity index (χ1n) is 8.06. The smallest absolute Gasteiger partial charge is 0.262 e. The number of pyridine rings is 1. The van der Waals surface area contributed by atoms with Gasteiger partial charge in [-0.05, 0) is 56.6 Å². The molecule has 2 heterocycles. The Morgan fingerprint density at radius 3 is 2.88 bits per heavy atom. The average Bonchev–Trinajstić information content (AvgIpc) is 2.57. The van der Waals surface area contributed by atoms with Gasteiger partial charge in [0.2, 0.25) is 0 Å². The van der Waals surface area contributed by atoms with Crippen LogP contribution in [-0.2, 0) is 0 Å². The number of nitrogens with zero attached hydrogens (tertiary/aromatic N) is 1. The number of hydrogen-bond acceptors (Lipinski definition) is 4. The van der Waals surface area contributed by atoms with Crippen molar-refractivity contribution in [1.29, 1.82) is 0 Å². The lowest BCUT2D eigenvalue weighted by Crippen LogP contribution is -2.33. The monoisotopic (exact) mass is 350 g/mol. The summed E-state index contributed by atoms with van der Waals surface area (Å²) in [6.45, 7) is 4.44. The lowest BCUT2D eigenvalue weighted by molar-refractivity contribution is 0.211. The summed E-state index contributed by atoms with van der Waals surface area (Å²) < 4.78 is 25.5. The van der Waals surface area contributed by atoms with E-state index in [2.05, 4.69) is 10.3 Å². The average molecular weight is 351 g/mol. The van der Waals surface area contributed by atoms with E-state index in [1.165, 1.54) is 12.1 Å². The fraction of sp³-hybridized carbons (Fsp3) is 0.389. The number of hydrogen-bond donors (Lipinski definition) is 1. The number of benzene rings is 1. The summed E-state index contributed by atoms with van der Waals surface area (Å²) in [7, 11) is 0. The number of rotatable bonds is 5. The number of aromatic nitrogens is 1. The highest BCUT2D eigenvalue weighted by molar-refractivity contribution is 6.30. The Balaban J connectivity index is 1.74. The molecular weight excluding hydrogens is 331 g/mol. The second kappa shape index (κ2) is 7.81. The maximum absolute atomic E-state index is 14.0. The first-order chi connectivity index (χ1) is 11.6. The molecule has 6 heteroatoms. The Morgan fingerprint density at radius 1 is 1.29 bits per heavy atom. The molecule has 0 radical (unpaired) electrons. The molecule has 0 spiro atoms. The molecule has 0 aliphatic carbocycles. The fourth-order valence-electron chi connectivity index (χ4n) is 2.64. The van der Waals surface area contributed by atoms with E-state index in [4.69, 9.17) is 21.1 Å². The molecule has 0 saturated carbocycles. The maximum atomic E-state index is 14.0. The Bertz CT molecular complexity index is 705. The molecule has 0 unspecified atom stereocenters. The van der Waals surface area contributed by atoms with E-state index >= 15 is 0 Å². The highest BCUT2D eigenvalue weighted by Crippen LogP contribution is 2.32. The normalized spacial score (nSPS) is 17.5. The maximum Gasteiger partial charge on any atom is 0.262 e. The number of ether oxygens (including phenoxy) is 2. The van der Waals surface area contributed by atoms with Crippen LogP contribution in [0.25, 0.3) is 0 Å². The zero-order chi connectivity index (χ0) is 16.9. The molecule has 1 saturated heterocycles. The van der Waals surface area contributed by atoms with Crippen molar-refractivity contribution < 1.29 is 13.9 Å². The Morgan fingerprint density at radius 2 is 2.12 bits per heavy atom. The summed E-state index contributed by atoms with van der Waals surface area (Å²) in [6.07, 6.45) is 2.29. The van der Waals surface area contributed by atoms with Crippen molar-refractivity contribution in [1.82, 2.24) is 10.3 Å². The van der Waals surface area contributed by atoms with Crippen LogP contribution < -0.4 is 14.8 Å². The van der Waals surface area contributed by atoms with Crippen molar-refractivity contribution in [2.75, 3.05) is 19.7 Å². The van der Waals surface area contributed by atoms with Crippen LogP contribution in [0.15, 0.2) is 30.3 Å². The number of halogens is 2. The van der Waals surface area contributed by atoms with Crippen molar-refractivity contribution in [3.05, 3.63) is 46.9 Å². The van der Waals surface area contributed by atoms with Crippen molar-refractivity contribution in [3.8, 4) is 17.4 Å². The summed E-state index contributed by atoms with van der Waals surface area (Å²) in [4.78, 5) is 4.33. The van der Waals surface area contributed by atoms with E-state index in [0.29, 0.717) is 23.3 Å².